The third-order valence-electron chi connectivity index (χ3n) is 6.85. The van der Waals surface area contributed by atoms with Crippen molar-refractivity contribution in [1.82, 2.24) is 14.8 Å². The highest BCUT2D eigenvalue weighted by Crippen LogP contribution is 2.43. The Bertz CT molecular complexity index is 1640. The van der Waals surface area contributed by atoms with Crippen LogP contribution in [-0.2, 0) is 27.0 Å². The number of carboxylic acid groups (broad SMARTS) is 1. The number of aliphatic hydroxyl groups is 1. The Hall–Kier alpha value is -4.94. The Morgan fingerprint density at radius 1 is 1.26 bits per heavy atom. The van der Waals surface area contributed by atoms with Crippen LogP contribution in [0, 0.1) is 11.3 Å². The van der Waals surface area contributed by atoms with Crippen molar-refractivity contribution in [2.24, 2.45) is 0 Å². The first kappa shape index (κ1) is 32.6. The molecular weight excluding hydrogens is 573 g/mol. The average Bonchev–Trinajstić information content (AvgIpc) is 3.32. The molecule has 0 amide bonds. The fourth-order valence-corrected chi connectivity index (χ4v) is 4.97. The number of halogens is 3. The van der Waals surface area contributed by atoms with E-state index in [1.165, 1.54) is 35.6 Å². The number of anilines is 2. The molecule has 3 aromatic rings. The summed E-state index contributed by atoms with van der Waals surface area (Å²) in [7, 11) is 4.93. The number of alkyl halides is 3. The second kappa shape index (κ2) is 12.9. The summed E-state index contributed by atoms with van der Waals surface area (Å²) in [6.45, 7) is 1.92. The van der Waals surface area contributed by atoms with Crippen molar-refractivity contribution < 1.29 is 42.2 Å². The molecule has 4 rings (SSSR count). The highest BCUT2D eigenvalue weighted by Gasteiger charge is 2.41. The zero-order chi connectivity index (χ0) is 32.1. The first-order chi connectivity index (χ1) is 20.2. The zero-order valence-electron chi connectivity index (χ0n) is 23.7. The molecule has 2 heterocycles. The van der Waals surface area contributed by atoms with Crippen LogP contribution in [0.2, 0.25) is 0 Å². The molecule has 1 aliphatic heterocycles. The van der Waals surface area contributed by atoms with Gasteiger partial charge >= 0.3 is 17.8 Å². The monoisotopic (exact) mass is 603 g/mol. The lowest BCUT2D eigenvalue weighted by atomic mass is 9.89. The van der Waals surface area contributed by atoms with Crippen LogP contribution in [0.15, 0.2) is 58.5 Å². The predicted molar refractivity (Wildman–Crippen MR) is 147 cm³/mol. The fourth-order valence-electron chi connectivity index (χ4n) is 4.97. The van der Waals surface area contributed by atoms with Gasteiger partial charge in [-0.25, -0.2) is 19.3 Å². The fraction of sp³-hybridized carbons (Fsp3) is 0.321. The molecule has 15 heteroatoms. The number of aromatic nitrogens is 3. The third-order valence-corrected chi connectivity index (χ3v) is 6.85. The molecule has 0 saturated carbocycles. The Balaban J connectivity index is 0.00000162. The molecule has 1 aromatic heterocycles. The number of carbonyl (C=O) groups excluding carboxylic acids is 1. The van der Waals surface area contributed by atoms with E-state index in [2.05, 4.69) is 16.3 Å². The largest absolute Gasteiger partial charge is 0.483 e. The molecule has 228 valence electrons. The van der Waals surface area contributed by atoms with Gasteiger partial charge in [-0.05, 0) is 42.8 Å². The van der Waals surface area contributed by atoms with Crippen molar-refractivity contribution in [1.29, 1.82) is 5.26 Å². The van der Waals surface area contributed by atoms with Gasteiger partial charge in [0.1, 0.15) is 19.1 Å². The summed E-state index contributed by atoms with van der Waals surface area (Å²) in [4.78, 5) is 36.2. The molecule has 2 aromatic carbocycles. The minimum absolute atomic E-state index is 0.00864. The Morgan fingerprint density at radius 3 is 2.51 bits per heavy atom. The molecular formula is C28H30F3N6O6+. The molecule has 0 bridgehead atoms. The number of carbonyl (C=O) groups is 2. The number of hydrogen-bond donors (Lipinski definition) is 3. The van der Waals surface area contributed by atoms with Gasteiger partial charge in [0.15, 0.2) is 0 Å². The number of methoxy groups -OCH3 is 1. The van der Waals surface area contributed by atoms with Crippen LogP contribution >= 0.6 is 0 Å². The topological polar surface area (TPSA) is 162 Å². The minimum atomic E-state index is -4.63. The smallest absolute Gasteiger partial charge is 0.416 e. The second-order valence-electron chi connectivity index (χ2n) is 10.1. The number of nitrogens with zero attached hydrogens (tertiary/aromatic N) is 5. The van der Waals surface area contributed by atoms with E-state index in [0.717, 1.165) is 12.1 Å². The number of likely N-dealkylation sites (N-methyl/N-ethyl adjacent to an activating group) is 1. The minimum Gasteiger partial charge on any atom is -0.483 e. The van der Waals surface area contributed by atoms with Gasteiger partial charge < -0.3 is 19.4 Å². The van der Waals surface area contributed by atoms with E-state index in [1.807, 2.05) is 14.1 Å². The summed E-state index contributed by atoms with van der Waals surface area (Å²) < 4.78 is 47.3. The summed E-state index contributed by atoms with van der Waals surface area (Å²) in [5, 5.41) is 32.5. The number of fused-ring (bicyclic) bond motifs is 1. The number of hydrogen-bond acceptors (Lipinski definition) is 8. The lowest BCUT2D eigenvalue weighted by Crippen LogP contribution is -2.42. The van der Waals surface area contributed by atoms with E-state index in [1.54, 1.807) is 18.2 Å². The standard InChI is InChI=1S/C27H27F3N6O4.CH2O2/c1-16-22(24(38)40-4)23(21-9-8-17(14-31)12-18(21)15-36(2,3)10-11-37)35-25(32-33-26(35)39)34(16)20-7-5-6-19(13-20)27(28,29)30;2-1-3/h5-9,12-13,23,37H,10-11,15H2,1-4H3;1H,(H,2,3)/p+1/t23-;/m1./s1. The number of nitriles is 1. The summed E-state index contributed by atoms with van der Waals surface area (Å²) >= 11 is 0. The Morgan fingerprint density at radius 2 is 1.93 bits per heavy atom. The lowest BCUT2D eigenvalue weighted by Gasteiger charge is -2.37. The molecule has 1 atom stereocenters. The molecule has 0 spiro atoms. The van der Waals surface area contributed by atoms with E-state index >= 15 is 0 Å². The van der Waals surface area contributed by atoms with Gasteiger partial charge in [0.05, 0.1) is 50.6 Å². The van der Waals surface area contributed by atoms with Crippen LogP contribution in [-0.4, -0.2) is 76.3 Å². The molecule has 1 aliphatic rings. The Labute approximate surface area is 244 Å². The number of nitrogens with one attached hydrogen (secondary N) is 1. The maximum atomic E-state index is 13.5. The maximum Gasteiger partial charge on any atom is 0.416 e. The van der Waals surface area contributed by atoms with Gasteiger partial charge in [-0.3, -0.25) is 9.69 Å². The van der Waals surface area contributed by atoms with Crippen LogP contribution in [0.25, 0.3) is 0 Å². The SMILES string of the molecule is COC(=O)C1=C(C)N(c2cccc(C(F)(F)F)c2)c2n[nH]c(=O)n2[C@@H]1c1ccc(C#N)cc1C[N+](C)(C)CCO.O=CO. The molecule has 3 N–H and O–H groups in total. The van der Waals surface area contributed by atoms with E-state index in [9.17, 15) is 33.1 Å². The van der Waals surface area contributed by atoms with Crippen molar-refractivity contribution in [2.45, 2.75) is 25.7 Å². The quantitative estimate of drug-likeness (QED) is 0.209. The molecule has 0 saturated heterocycles. The third kappa shape index (κ3) is 6.76. The van der Waals surface area contributed by atoms with Crippen LogP contribution in [0.1, 0.15) is 35.2 Å². The van der Waals surface area contributed by atoms with E-state index in [0.29, 0.717) is 34.3 Å². The number of aliphatic hydroxyl groups excluding tert-OH is 1. The van der Waals surface area contributed by atoms with Crippen LogP contribution in [0.4, 0.5) is 24.8 Å². The molecule has 12 nitrogen and oxygen atoms in total. The maximum absolute atomic E-state index is 13.5. The van der Waals surface area contributed by atoms with Crippen LogP contribution in [0.3, 0.4) is 0 Å². The molecule has 0 unspecified atom stereocenters. The first-order valence-corrected chi connectivity index (χ1v) is 12.7. The van der Waals surface area contributed by atoms with E-state index in [-0.39, 0.29) is 36.0 Å². The van der Waals surface area contributed by atoms with Gasteiger partial charge in [0.2, 0.25) is 5.95 Å². The molecule has 0 radical (unpaired) electrons. The van der Waals surface area contributed by atoms with E-state index in [4.69, 9.17) is 14.6 Å². The summed E-state index contributed by atoms with van der Waals surface area (Å²) in [5.74, 6) is -0.823. The number of ether oxygens (including phenoxy) is 1. The number of esters is 1. The van der Waals surface area contributed by atoms with Crippen molar-refractivity contribution in [3.63, 3.8) is 0 Å². The highest BCUT2D eigenvalue weighted by atomic mass is 19.4. The van der Waals surface area contributed by atoms with Gasteiger partial charge in [-0.2, -0.15) is 18.4 Å². The van der Waals surface area contributed by atoms with Crippen molar-refractivity contribution in [3.8, 4) is 6.07 Å². The molecule has 43 heavy (non-hydrogen) atoms. The van der Waals surface area contributed by atoms with E-state index < -0.39 is 29.4 Å². The van der Waals surface area contributed by atoms with Gasteiger partial charge in [0, 0.05) is 16.9 Å². The van der Waals surface area contributed by atoms with Crippen LogP contribution in [0.5, 0.6) is 0 Å². The number of allylic oxidation sites excluding steroid dienone is 1. The number of aromatic amines is 1. The van der Waals surface area contributed by atoms with Crippen molar-refractivity contribution in [2.75, 3.05) is 39.3 Å². The molecule has 0 aliphatic carbocycles. The number of H-pyrrole nitrogens is 1. The summed E-state index contributed by atoms with van der Waals surface area (Å²) in [6, 6.07) is 10.3. The number of benzene rings is 2. The summed E-state index contributed by atoms with van der Waals surface area (Å²) in [5.41, 5.74) is 0.112. The van der Waals surface area contributed by atoms with Gasteiger partial charge in [0.25, 0.3) is 6.47 Å². The predicted octanol–water partition coefficient (Wildman–Crippen LogP) is 2.92. The highest BCUT2D eigenvalue weighted by molar-refractivity contribution is 5.93. The van der Waals surface area contributed by atoms with Crippen molar-refractivity contribution in [3.05, 3.63) is 86.5 Å². The zero-order valence-corrected chi connectivity index (χ0v) is 23.7. The Kier molecular flexibility index (Phi) is 9.79. The second-order valence-corrected chi connectivity index (χ2v) is 10.1. The number of rotatable bonds is 7. The van der Waals surface area contributed by atoms with Crippen LogP contribution < -0.4 is 10.6 Å². The normalized spacial score (nSPS) is 14.8. The first-order valence-electron chi connectivity index (χ1n) is 12.7. The van der Waals surface area contributed by atoms with Gasteiger partial charge in [-0.1, -0.05) is 12.1 Å². The summed E-state index contributed by atoms with van der Waals surface area (Å²) in [6.07, 6.45) is -4.63. The molecule has 0 fully saturated rings. The lowest BCUT2D eigenvalue weighted by molar-refractivity contribution is -0.903. The average molecular weight is 604 g/mol. The van der Waals surface area contributed by atoms with Crippen molar-refractivity contribution >= 4 is 24.1 Å². The van der Waals surface area contributed by atoms with Gasteiger partial charge in [-0.15, -0.1) is 5.10 Å². The number of quaternary nitrogens is 1.